The van der Waals surface area contributed by atoms with Crippen molar-refractivity contribution in [2.24, 2.45) is 0 Å². The fourth-order valence-electron chi connectivity index (χ4n) is 3.37. The maximum atomic E-state index is 12.4. The van der Waals surface area contributed by atoms with Crippen LogP contribution in [0.15, 0.2) is 72.8 Å². The molecule has 6 heteroatoms. The van der Waals surface area contributed by atoms with Gasteiger partial charge in [0.05, 0.1) is 24.2 Å². The molecule has 1 heterocycles. The predicted octanol–water partition coefficient (Wildman–Crippen LogP) is 4.27. The van der Waals surface area contributed by atoms with E-state index in [1.165, 1.54) is 0 Å². The van der Waals surface area contributed by atoms with Gasteiger partial charge < -0.3 is 10.4 Å². The van der Waals surface area contributed by atoms with Crippen LogP contribution in [0.1, 0.15) is 27.2 Å². The number of benzene rings is 3. The molecule has 0 radical (unpaired) electrons. The second-order valence-corrected chi connectivity index (χ2v) is 7.21. The van der Waals surface area contributed by atoms with Crippen molar-refractivity contribution < 1.29 is 14.7 Å². The lowest BCUT2D eigenvalue weighted by Gasteiger charge is -2.08. The third-order valence-corrected chi connectivity index (χ3v) is 4.91. The first-order chi connectivity index (χ1) is 14.5. The first-order valence-corrected chi connectivity index (χ1v) is 9.63. The van der Waals surface area contributed by atoms with Gasteiger partial charge in [-0.2, -0.15) is 5.10 Å². The number of anilines is 1. The topological polar surface area (TPSA) is 84.2 Å². The summed E-state index contributed by atoms with van der Waals surface area (Å²) in [6, 6.07) is 22.6. The van der Waals surface area contributed by atoms with E-state index in [9.17, 15) is 9.59 Å². The van der Waals surface area contributed by atoms with Gasteiger partial charge in [-0.25, -0.2) is 0 Å². The number of aryl methyl sites for hydroxylation is 1. The zero-order valence-electron chi connectivity index (χ0n) is 16.5. The van der Waals surface area contributed by atoms with E-state index in [1.807, 2.05) is 72.3 Å². The molecule has 0 fully saturated rings. The molecule has 6 nitrogen and oxygen atoms in total. The molecule has 0 aliphatic heterocycles. The monoisotopic (exact) mass is 399 g/mol. The molecule has 0 atom stereocenters. The Bertz CT molecular complexity index is 1210. The lowest BCUT2D eigenvalue weighted by atomic mass is 10.1. The minimum absolute atomic E-state index is 0.114. The summed E-state index contributed by atoms with van der Waals surface area (Å²) in [4.78, 5) is 23.5. The van der Waals surface area contributed by atoms with Gasteiger partial charge in [-0.3, -0.25) is 14.3 Å². The van der Waals surface area contributed by atoms with Crippen LogP contribution in [0.25, 0.3) is 10.9 Å². The molecule has 0 bridgehead atoms. The Balaban J connectivity index is 1.50. The summed E-state index contributed by atoms with van der Waals surface area (Å²) >= 11 is 0. The zero-order valence-corrected chi connectivity index (χ0v) is 16.5. The van der Waals surface area contributed by atoms with Crippen LogP contribution in [0, 0.1) is 6.92 Å². The largest absolute Gasteiger partial charge is 0.481 e. The minimum Gasteiger partial charge on any atom is -0.481 e. The van der Waals surface area contributed by atoms with E-state index in [0.29, 0.717) is 23.5 Å². The van der Waals surface area contributed by atoms with Gasteiger partial charge in [-0.15, -0.1) is 0 Å². The molecule has 1 amide bonds. The van der Waals surface area contributed by atoms with Crippen molar-refractivity contribution in [3.63, 3.8) is 0 Å². The van der Waals surface area contributed by atoms with E-state index in [-0.39, 0.29) is 12.3 Å². The van der Waals surface area contributed by atoms with Crippen LogP contribution in [0.5, 0.6) is 0 Å². The Hall–Kier alpha value is -3.93. The number of nitrogens with zero attached hydrogens (tertiary/aromatic N) is 2. The van der Waals surface area contributed by atoms with Crippen LogP contribution in [0.3, 0.4) is 0 Å². The summed E-state index contributed by atoms with van der Waals surface area (Å²) < 4.78 is 1.81. The Morgan fingerprint density at radius 1 is 0.967 bits per heavy atom. The lowest BCUT2D eigenvalue weighted by molar-refractivity contribution is -0.136. The number of fused-ring (bicyclic) bond motifs is 1. The third kappa shape index (κ3) is 4.22. The Morgan fingerprint density at radius 2 is 1.67 bits per heavy atom. The second-order valence-electron chi connectivity index (χ2n) is 7.21. The van der Waals surface area contributed by atoms with Gasteiger partial charge in [-0.05, 0) is 42.8 Å². The molecule has 3 aromatic carbocycles. The number of carbonyl (C=O) groups excluding carboxylic acids is 1. The maximum Gasteiger partial charge on any atom is 0.309 e. The van der Waals surface area contributed by atoms with Crippen molar-refractivity contribution in [2.45, 2.75) is 19.9 Å². The highest BCUT2D eigenvalue weighted by Crippen LogP contribution is 2.21. The molecule has 1 aromatic heterocycles. The van der Waals surface area contributed by atoms with E-state index in [4.69, 9.17) is 5.11 Å². The lowest BCUT2D eigenvalue weighted by Crippen LogP contribution is -2.11. The SMILES string of the molecule is Cc1ccc(C(=O)Nc2ccc(Cn3nc(CC(=O)O)c4ccccc43)cc2)cc1. The standard InChI is InChI=1S/C24H21N3O3/c1-16-6-10-18(11-7-16)24(30)25-19-12-8-17(9-13-19)15-27-22-5-3-2-4-20(22)21(26-27)14-23(28)29/h2-13H,14-15H2,1H3,(H,25,30)(H,28,29). The molecule has 0 spiro atoms. The molecule has 0 saturated heterocycles. The number of hydrogen-bond acceptors (Lipinski definition) is 3. The summed E-state index contributed by atoms with van der Waals surface area (Å²) in [5.74, 6) is -1.06. The van der Waals surface area contributed by atoms with Crippen LogP contribution < -0.4 is 5.32 Å². The summed E-state index contributed by atoms with van der Waals surface area (Å²) in [7, 11) is 0. The summed E-state index contributed by atoms with van der Waals surface area (Å²) in [6.45, 7) is 2.49. The van der Waals surface area contributed by atoms with Gasteiger partial charge in [0.2, 0.25) is 0 Å². The Morgan fingerprint density at radius 3 is 2.37 bits per heavy atom. The van der Waals surface area contributed by atoms with Gasteiger partial charge in [-0.1, -0.05) is 48.0 Å². The molecular formula is C24H21N3O3. The minimum atomic E-state index is -0.904. The summed E-state index contributed by atoms with van der Waals surface area (Å²) in [5, 5.41) is 17.4. The molecule has 0 aliphatic rings. The number of nitrogens with one attached hydrogen (secondary N) is 1. The predicted molar refractivity (Wildman–Crippen MR) is 116 cm³/mol. The van der Waals surface area contributed by atoms with Gasteiger partial charge in [0.15, 0.2) is 0 Å². The van der Waals surface area contributed by atoms with Crippen molar-refractivity contribution in [1.82, 2.24) is 9.78 Å². The molecule has 0 aliphatic carbocycles. The summed E-state index contributed by atoms with van der Waals surface area (Å²) in [6.07, 6.45) is -0.114. The van der Waals surface area contributed by atoms with Crippen LogP contribution in [0.4, 0.5) is 5.69 Å². The van der Waals surface area contributed by atoms with Crippen molar-refractivity contribution >= 4 is 28.5 Å². The molecule has 0 saturated carbocycles. The molecule has 4 rings (SSSR count). The van der Waals surface area contributed by atoms with E-state index in [0.717, 1.165) is 22.0 Å². The van der Waals surface area contributed by atoms with E-state index in [2.05, 4.69) is 10.4 Å². The number of aliphatic carboxylic acids is 1. The fraction of sp³-hybridized carbons (Fsp3) is 0.125. The number of carbonyl (C=O) groups is 2. The smallest absolute Gasteiger partial charge is 0.309 e. The molecular weight excluding hydrogens is 378 g/mol. The van der Waals surface area contributed by atoms with Gasteiger partial charge in [0.25, 0.3) is 5.91 Å². The van der Waals surface area contributed by atoms with E-state index >= 15 is 0 Å². The number of hydrogen-bond donors (Lipinski definition) is 2. The number of carboxylic acids is 1. The third-order valence-electron chi connectivity index (χ3n) is 4.91. The number of rotatable bonds is 6. The summed E-state index contributed by atoms with van der Waals surface area (Å²) in [5.41, 5.74) is 4.87. The molecule has 150 valence electrons. The molecule has 30 heavy (non-hydrogen) atoms. The van der Waals surface area contributed by atoms with Crippen molar-refractivity contribution in [1.29, 1.82) is 0 Å². The van der Waals surface area contributed by atoms with Crippen LogP contribution in [0.2, 0.25) is 0 Å². The van der Waals surface area contributed by atoms with Crippen molar-refractivity contribution in [3.05, 3.63) is 95.2 Å². The number of aromatic nitrogens is 2. The second kappa shape index (κ2) is 8.21. The van der Waals surface area contributed by atoms with Crippen molar-refractivity contribution in [2.75, 3.05) is 5.32 Å². The number of para-hydroxylation sites is 1. The molecule has 4 aromatic rings. The first kappa shape index (κ1) is 19.4. The van der Waals surface area contributed by atoms with Gasteiger partial charge in [0.1, 0.15) is 0 Å². The van der Waals surface area contributed by atoms with Crippen LogP contribution >= 0.6 is 0 Å². The average Bonchev–Trinajstić information content (AvgIpc) is 3.07. The normalized spacial score (nSPS) is 10.8. The number of carboxylic acid groups (broad SMARTS) is 1. The van der Waals surface area contributed by atoms with Gasteiger partial charge >= 0.3 is 5.97 Å². The van der Waals surface area contributed by atoms with Crippen LogP contribution in [-0.2, 0) is 17.8 Å². The molecule has 2 N–H and O–H groups in total. The highest BCUT2D eigenvalue weighted by atomic mass is 16.4. The number of amides is 1. The van der Waals surface area contributed by atoms with E-state index in [1.54, 1.807) is 12.1 Å². The highest BCUT2D eigenvalue weighted by Gasteiger charge is 2.13. The molecule has 0 unspecified atom stereocenters. The van der Waals surface area contributed by atoms with Crippen LogP contribution in [-0.4, -0.2) is 26.8 Å². The first-order valence-electron chi connectivity index (χ1n) is 9.63. The highest BCUT2D eigenvalue weighted by molar-refractivity contribution is 6.04. The zero-order chi connectivity index (χ0) is 21.1. The Kier molecular flexibility index (Phi) is 5.30. The maximum absolute atomic E-state index is 12.4. The fourth-order valence-corrected chi connectivity index (χ4v) is 3.37. The van der Waals surface area contributed by atoms with Crippen molar-refractivity contribution in [3.8, 4) is 0 Å². The quantitative estimate of drug-likeness (QED) is 0.507. The Labute approximate surface area is 173 Å². The van der Waals surface area contributed by atoms with Gasteiger partial charge in [0, 0.05) is 16.6 Å². The average molecular weight is 399 g/mol. The van der Waals surface area contributed by atoms with E-state index < -0.39 is 5.97 Å².